The van der Waals surface area contributed by atoms with Crippen LogP contribution in [0.1, 0.15) is 43.6 Å². The van der Waals surface area contributed by atoms with Crippen LogP contribution >= 0.6 is 15.9 Å². The monoisotopic (exact) mass is 342 g/mol. The van der Waals surface area contributed by atoms with Gasteiger partial charge in [-0.25, -0.2) is 14.7 Å². The molecule has 0 spiro atoms. The third kappa shape index (κ3) is 4.30. The number of hydrogen-bond donors (Lipinski definition) is 0. The van der Waals surface area contributed by atoms with Crippen LogP contribution in [0, 0.1) is 6.92 Å². The molecule has 0 saturated heterocycles. The molecule has 0 saturated carbocycles. The Kier molecular flexibility index (Phi) is 5.28. The Morgan fingerprint density at radius 1 is 1.40 bits per heavy atom. The third-order valence-corrected chi connectivity index (χ3v) is 2.92. The molecule has 0 aliphatic carbocycles. The summed E-state index contributed by atoms with van der Waals surface area (Å²) in [6.07, 6.45) is 0.807. The molecule has 20 heavy (non-hydrogen) atoms. The summed E-state index contributed by atoms with van der Waals surface area (Å²) in [7, 11) is 0. The molecule has 0 aromatic carbocycles. The molecule has 0 unspecified atom stereocenters. The lowest BCUT2D eigenvalue weighted by atomic mass is 10.1. The van der Waals surface area contributed by atoms with Gasteiger partial charge in [0, 0.05) is 12.7 Å². The Bertz CT molecular complexity index is 524. The fraction of sp³-hybridized carbons (Fsp3) is 0.500. The number of rotatable bonds is 2. The first-order valence-corrected chi connectivity index (χ1v) is 7.12. The molecule has 0 aliphatic rings. The van der Waals surface area contributed by atoms with E-state index in [4.69, 9.17) is 4.74 Å². The van der Waals surface area contributed by atoms with Gasteiger partial charge in [0.15, 0.2) is 0 Å². The van der Waals surface area contributed by atoms with E-state index in [0.29, 0.717) is 10.2 Å². The van der Waals surface area contributed by atoms with Crippen LogP contribution in [0.4, 0.5) is 4.79 Å². The van der Waals surface area contributed by atoms with Crippen LogP contribution in [0.5, 0.6) is 0 Å². The standard InChI is InChI=1S/C14H19BrN2O3/c1-6-17(13(19)20-14(3,4)5)12(18)10-8-16-11(15)7-9(10)2/h7-8H,6H2,1-5H3. The van der Waals surface area contributed by atoms with Crippen molar-refractivity contribution in [3.05, 3.63) is 28.0 Å². The summed E-state index contributed by atoms with van der Waals surface area (Å²) in [5.74, 6) is -0.403. The van der Waals surface area contributed by atoms with Crippen molar-refractivity contribution in [2.75, 3.05) is 6.54 Å². The average molecular weight is 343 g/mol. The van der Waals surface area contributed by atoms with Crippen molar-refractivity contribution in [1.29, 1.82) is 0 Å². The van der Waals surface area contributed by atoms with E-state index in [1.165, 1.54) is 6.20 Å². The van der Waals surface area contributed by atoms with Crippen LogP contribution < -0.4 is 0 Å². The minimum atomic E-state index is -0.646. The average Bonchev–Trinajstić information content (AvgIpc) is 2.26. The molecule has 6 heteroatoms. The summed E-state index contributed by atoms with van der Waals surface area (Å²) >= 11 is 3.24. The van der Waals surface area contributed by atoms with Gasteiger partial charge in [0.05, 0.1) is 5.56 Å². The molecule has 1 aromatic rings. The molecule has 0 bridgehead atoms. The summed E-state index contributed by atoms with van der Waals surface area (Å²) in [4.78, 5) is 29.5. The quantitative estimate of drug-likeness (QED) is 0.771. The van der Waals surface area contributed by atoms with Crippen LogP contribution in [-0.2, 0) is 4.74 Å². The number of ether oxygens (including phenoxy) is 1. The normalized spacial score (nSPS) is 11.1. The lowest BCUT2D eigenvalue weighted by Gasteiger charge is -2.25. The minimum Gasteiger partial charge on any atom is -0.443 e. The number of carbonyl (C=O) groups excluding carboxylic acids is 2. The minimum absolute atomic E-state index is 0.239. The number of aromatic nitrogens is 1. The fourth-order valence-electron chi connectivity index (χ4n) is 1.56. The highest BCUT2D eigenvalue weighted by Gasteiger charge is 2.27. The van der Waals surface area contributed by atoms with E-state index in [1.54, 1.807) is 40.7 Å². The highest BCUT2D eigenvalue weighted by Crippen LogP contribution is 2.17. The molecular formula is C14H19BrN2O3. The third-order valence-electron chi connectivity index (χ3n) is 2.48. The molecule has 0 atom stereocenters. The van der Waals surface area contributed by atoms with Crippen molar-refractivity contribution in [3.63, 3.8) is 0 Å². The summed E-state index contributed by atoms with van der Waals surface area (Å²) in [6.45, 7) is 9.04. The summed E-state index contributed by atoms with van der Waals surface area (Å²) < 4.78 is 5.88. The number of imide groups is 1. The topological polar surface area (TPSA) is 59.5 Å². The Balaban J connectivity index is 3.00. The number of pyridine rings is 1. The highest BCUT2D eigenvalue weighted by molar-refractivity contribution is 9.10. The van der Waals surface area contributed by atoms with Crippen LogP contribution in [-0.4, -0.2) is 34.0 Å². The molecule has 110 valence electrons. The van der Waals surface area contributed by atoms with Crippen molar-refractivity contribution >= 4 is 27.9 Å². The predicted octanol–water partition coefficient (Wildman–Crippen LogP) is 3.55. The van der Waals surface area contributed by atoms with E-state index in [-0.39, 0.29) is 6.54 Å². The van der Waals surface area contributed by atoms with Gasteiger partial charge in [-0.1, -0.05) is 0 Å². The zero-order valence-electron chi connectivity index (χ0n) is 12.4. The number of amides is 2. The number of aryl methyl sites for hydroxylation is 1. The first-order valence-electron chi connectivity index (χ1n) is 6.32. The zero-order valence-corrected chi connectivity index (χ0v) is 13.9. The van der Waals surface area contributed by atoms with E-state index in [1.807, 2.05) is 0 Å². The molecular weight excluding hydrogens is 324 g/mol. The first kappa shape index (κ1) is 16.6. The Labute approximate surface area is 127 Å². The predicted molar refractivity (Wildman–Crippen MR) is 79.6 cm³/mol. The Hall–Kier alpha value is -1.43. The number of carbonyl (C=O) groups is 2. The van der Waals surface area contributed by atoms with Crippen molar-refractivity contribution in [2.24, 2.45) is 0 Å². The van der Waals surface area contributed by atoms with E-state index < -0.39 is 17.6 Å². The molecule has 2 amide bonds. The van der Waals surface area contributed by atoms with Gasteiger partial charge in [0.2, 0.25) is 0 Å². The molecule has 1 heterocycles. The summed E-state index contributed by atoms with van der Waals surface area (Å²) in [5.41, 5.74) is 0.498. The lowest BCUT2D eigenvalue weighted by Crippen LogP contribution is -2.41. The van der Waals surface area contributed by atoms with Crippen molar-refractivity contribution in [2.45, 2.75) is 40.2 Å². The van der Waals surface area contributed by atoms with Gasteiger partial charge < -0.3 is 4.74 Å². The van der Waals surface area contributed by atoms with E-state index in [2.05, 4.69) is 20.9 Å². The van der Waals surface area contributed by atoms with E-state index in [0.717, 1.165) is 10.5 Å². The zero-order chi connectivity index (χ0) is 15.5. The SMILES string of the molecule is CCN(C(=O)OC(C)(C)C)C(=O)c1cnc(Br)cc1C. The van der Waals surface area contributed by atoms with Gasteiger partial charge in [0.1, 0.15) is 10.2 Å². The molecule has 0 radical (unpaired) electrons. The van der Waals surface area contributed by atoms with Crippen LogP contribution in [0.25, 0.3) is 0 Å². The van der Waals surface area contributed by atoms with E-state index in [9.17, 15) is 9.59 Å². The number of nitrogens with zero attached hydrogens (tertiary/aromatic N) is 2. The van der Waals surface area contributed by atoms with Crippen LogP contribution in [0.3, 0.4) is 0 Å². The largest absolute Gasteiger partial charge is 0.443 e. The van der Waals surface area contributed by atoms with Crippen molar-refractivity contribution in [3.8, 4) is 0 Å². The second-order valence-electron chi connectivity index (χ2n) is 5.35. The lowest BCUT2D eigenvalue weighted by molar-refractivity contribution is 0.0250. The molecule has 0 aliphatic heterocycles. The van der Waals surface area contributed by atoms with Crippen molar-refractivity contribution in [1.82, 2.24) is 9.88 Å². The molecule has 1 rings (SSSR count). The number of hydrogen-bond acceptors (Lipinski definition) is 4. The van der Waals surface area contributed by atoms with E-state index >= 15 is 0 Å². The second-order valence-corrected chi connectivity index (χ2v) is 6.16. The highest BCUT2D eigenvalue weighted by atomic mass is 79.9. The molecule has 1 aromatic heterocycles. The number of halogens is 1. The second kappa shape index (κ2) is 6.35. The van der Waals surface area contributed by atoms with Gasteiger partial charge in [-0.05, 0) is 62.2 Å². The fourth-order valence-corrected chi connectivity index (χ4v) is 2.01. The van der Waals surface area contributed by atoms with Gasteiger partial charge in [-0.3, -0.25) is 4.79 Å². The van der Waals surface area contributed by atoms with Crippen LogP contribution in [0.15, 0.2) is 16.9 Å². The summed E-state index contributed by atoms with van der Waals surface area (Å²) in [6, 6.07) is 1.73. The molecule has 5 nitrogen and oxygen atoms in total. The van der Waals surface area contributed by atoms with Gasteiger partial charge in [-0.15, -0.1) is 0 Å². The first-order chi connectivity index (χ1) is 9.15. The summed E-state index contributed by atoms with van der Waals surface area (Å²) in [5, 5.41) is 0. The van der Waals surface area contributed by atoms with Crippen LogP contribution in [0.2, 0.25) is 0 Å². The van der Waals surface area contributed by atoms with Gasteiger partial charge >= 0.3 is 6.09 Å². The van der Waals surface area contributed by atoms with Crippen molar-refractivity contribution < 1.29 is 14.3 Å². The molecule has 0 N–H and O–H groups in total. The maximum absolute atomic E-state index is 12.4. The maximum Gasteiger partial charge on any atom is 0.417 e. The van der Waals surface area contributed by atoms with Gasteiger partial charge in [-0.2, -0.15) is 0 Å². The Morgan fingerprint density at radius 3 is 2.45 bits per heavy atom. The molecule has 0 fully saturated rings. The smallest absolute Gasteiger partial charge is 0.417 e. The maximum atomic E-state index is 12.4. The Morgan fingerprint density at radius 2 is 2.00 bits per heavy atom. The van der Waals surface area contributed by atoms with Gasteiger partial charge in [0.25, 0.3) is 5.91 Å².